The zero-order valence-corrected chi connectivity index (χ0v) is 10.6. The summed E-state index contributed by atoms with van der Waals surface area (Å²) in [5.74, 6) is -0.179. The summed E-state index contributed by atoms with van der Waals surface area (Å²) in [5, 5.41) is 7.33. The summed E-state index contributed by atoms with van der Waals surface area (Å²) < 4.78 is 14.1. The van der Waals surface area contributed by atoms with E-state index in [-0.39, 0.29) is 16.9 Å². The van der Waals surface area contributed by atoms with Crippen LogP contribution in [-0.2, 0) is 5.75 Å². The maximum Gasteiger partial charge on any atom is 0.193 e. The van der Waals surface area contributed by atoms with E-state index in [0.717, 1.165) is 16.2 Å². The topological polar surface area (TPSA) is 88.2 Å². The molecule has 5 N–H and O–H groups in total. The minimum absolute atomic E-state index is 0.0422. The molecule has 0 saturated heterocycles. The van der Waals surface area contributed by atoms with Crippen LogP contribution < -0.4 is 11.5 Å². The Balaban J connectivity index is 2.64. The number of nitrogens with two attached hydrogens (primary N) is 2. The lowest BCUT2D eigenvalue weighted by atomic mass is 10.2. The molecule has 1 aromatic carbocycles. The van der Waals surface area contributed by atoms with Crippen LogP contribution in [0.1, 0.15) is 5.56 Å². The van der Waals surface area contributed by atoms with Crippen LogP contribution in [0.5, 0.6) is 0 Å². The van der Waals surface area contributed by atoms with Gasteiger partial charge in [-0.2, -0.15) is 4.99 Å². The zero-order chi connectivity index (χ0) is 12.1. The van der Waals surface area contributed by atoms with Crippen molar-refractivity contribution in [3.8, 4) is 0 Å². The first-order valence-electron chi connectivity index (χ1n) is 4.24. The number of rotatable bonds is 2. The van der Waals surface area contributed by atoms with Crippen LogP contribution >= 0.6 is 27.7 Å². The fourth-order valence-electron chi connectivity index (χ4n) is 0.950. The molecule has 0 aliphatic rings. The predicted molar refractivity (Wildman–Crippen MR) is 68.9 cm³/mol. The lowest BCUT2D eigenvalue weighted by Gasteiger charge is -2.02. The van der Waals surface area contributed by atoms with Crippen LogP contribution in [0.2, 0.25) is 0 Å². The molecule has 0 saturated carbocycles. The predicted octanol–water partition coefficient (Wildman–Crippen LogP) is 2.03. The molecule has 0 aliphatic carbocycles. The third-order valence-electron chi connectivity index (χ3n) is 1.60. The van der Waals surface area contributed by atoms with Gasteiger partial charge in [-0.3, -0.25) is 5.41 Å². The average Bonchev–Trinajstić information content (AvgIpc) is 2.18. The van der Waals surface area contributed by atoms with E-state index in [1.54, 1.807) is 12.1 Å². The molecule has 1 rings (SSSR count). The van der Waals surface area contributed by atoms with Gasteiger partial charge in [-0.15, -0.1) is 0 Å². The van der Waals surface area contributed by atoms with Gasteiger partial charge in [-0.1, -0.05) is 27.7 Å². The van der Waals surface area contributed by atoms with Crippen molar-refractivity contribution in [2.45, 2.75) is 5.75 Å². The summed E-state index contributed by atoms with van der Waals surface area (Å²) in [6.07, 6.45) is 0. The van der Waals surface area contributed by atoms with Crippen LogP contribution in [0, 0.1) is 11.2 Å². The van der Waals surface area contributed by atoms with Crippen molar-refractivity contribution >= 4 is 38.8 Å². The van der Waals surface area contributed by atoms with Crippen LogP contribution in [-0.4, -0.2) is 11.1 Å². The number of nitrogens with zero attached hydrogens (tertiary/aromatic N) is 1. The molecular formula is C9H10BrFN4S. The minimum Gasteiger partial charge on any atom is -0.370 e. The minimum atomic E-state index is -0.312. The van der Waals surface area contributed by atoms with Crippen LogP contribution in [0.4, 0.5) is 4.39 Å². The Kier molecular flexibility index (Phi) is 4.75. The van der Waals surface area contributed by atoms with E-state index in [9.17, 15) is 4.39 Å². The second kappa shape index (κ2) is 5.86. The highest BCUT2D eigenvalue weighted by Crippen LogP contribution is 2.20. The molecule has 0 aromatic heterocycles. The maximum atomic E-state index is 13.3. The van der Waals surface area contributed by atoms with Gasteiger partial charge in [-0.25, -0.2) is 4.39 Å². The van der Waals surface area contributed by atoms with Gasteiger partial charge in [-0.05, 0) is 23.8 Å². The molecule has 0 aliphatic heterocycles. The van der Waals surface area contributed by atoms with Crippen molar-refractivity contribution in [3.63, 3.8) is 0 Å². The van der Waals surface area contributed by atoms with Gasteiger partial charge in [0.1, 0.15) is 5.82 Å². The standard InChI is InChI=1S/C9H10BrFN4S/c10-6-1-2-7(11)5(3-6)4-16-9(14)15-8(12)13/h1-3H,4H2,(H5,12,13,14,15). The summed E-state index contributed by atoms with van der Waals surface area (Å²) in [4.78, 5) is 3.53. The summed E-state index contributed by atoms with van der Waals surface area (Å²) in [6.45, 7) is 0. The second-order valence-electron chi connectivity index (χ2n) is 2.87. The van der Waals surface area contributed by atoms with Crippen LogP contribution in [0.15, 0.2) is 27.7 Å². The van der Waals surface area contributed by atoms with Crippen molar-refractivity contribution < 1.29 is 4.39 Å². The summed E-state index contributed by atoms with van der Waals surface area (Å²) in [7, 11) is 0. The van der Waals surface area contributed by atoms with Crippen LogP contribution in [0.3, 0.4) is 0 Å². The lowest BCUT2D eigenvalue weighted by Crippen LogP contribution is -2.23. The SMILES string of the molecule is N=C(N=C(N)N)SCc1cc(Br)ccc1F. The number of amidine groups is 1. The van der Waals surface area contributed by atoms with Gasteiger partial charge >= 0.3 is 0 Å². The highest BCUT2D eigenvalue weighted by atomic mass is 79.9. The van der Waals surface area contributed by atoms with Crippen molar-refractivity contribution in [3.05, 3.63) is 34.1 Å². The molecule has 0 fully saturated rings. The first kappa shape index (κ1) is 13.0. The molecule has 0 atom stereocenters. The third kappa shape index (κ3) is 4.19. The van der Waals surface area contributed by atoms with Gasteiger partial charge < -0.3 is 11.5 Å². The van der Waals surface area contributed by atoms with E-state index < -0.39 is 0 Å². The Bertz CT molecular complexity index is 432. The van der Waals surface area contributed by atoms with Crippen LogP contribution in [0.25, 0.3) is 0 Å². The van der Waals surface area contributed by atoms with Gasteiger partial charge in [0.2, 0.25) is 0 Å². The number of nitrogens with one attached hydrogen (secondary N) is 1. The molecule has 0 spiro atoms. The average molecular weight is 305 g/mol. The summed E-state index contributed by atoms with van der Waals surface area (Å²) in [6, 6.07) is 4.64. The van der Waals surface area contributed by atoms with E-state index >= 15 is 0 Å². The van der Waals surface area contributed by atoms with Gasteiger partial charge in [0, 0.05) is 10.2 Å². The fraction of sp³-hybridized carbons (Fsp3) is 0.111. The quantitative estimate of drug-likeness (QED) is 0.577. The molecule has 0 unspecified atom stereocenters. The zero-order valence-electron chi connectivity index (χ0n) is 8.21. The number of thioether (sulfide) groups is 1. The van der Waals surface area contributed by atoms with Crippen molar-refractivity contribution in [1.29, 1.82) is 5.41 Å². The van der Waals surface area contributed by atoms with Gasteiger partial charge in [0.05, 0.1) is 0 Å². The lowest BCUT2D eigenvalue weighted by molar-refractivity contribution is 0.617. The first-order chi connectivity index (χ1) is 7.49. The number of hydrogen-bond acceptors (Lipinski definition) is 2. The van der Waals surface area contributed by atoms with Crippen molar-refractivity contribution in [2.24, 2.45) is 16.5 Å². The Hall–Kier alpha value is -1.08. The molecule has 0 heterocycles. The van der Waals surface area contributed by atoms with E-state index in [1.807, 2.05) is 0 Å². The Morgan fingerprint density at radius 2 is 2.19 bits per heavy atom. The molecule has 7 heteroatoms. The Morgan fingerprint density at radius 1 is 1.50 bits per heavy atom. The number of aliphatic imine (C=N–C) groups is 1. The van der Waals surface area contributed by atoms with E-state index in [2.05, 4.69) is 20.9 Å². The molecule has 16 heavy (non-hydrogen) atoms. The largest absolute Gasteiger partial charge is 0.370 e. The van der Waals surface area contributed by atoms with Gasteiger partial charge in [0.15, 0.2) is 11.1 Å². The van der Waals surface area contributed by atoms with E-state index in [1.165, 1.54) is 6.07 Å². The Morgan fingerprint density at radius 3 is 2.81 bits per heavy atom. The second-order valence-corrected chi connectivity index (χ2v) is 4.75. The third-order valence-corrected chi connectivity index (χ3v) is 2.92. The van der Waals surface area contributed by atoms with E-state index in [4.69, 9.17) is 16.9 Å². The maximum absolute atomic E-state index is 13.3. The fourth-order valence-corrected chi connectivity index (χ4v) is 2.04. The monoisotopic (exact) mass is 304 g/mol. The van der Waals surface area contributed by atoms with Gasteiger partial charge in [0.25, 0.3) is 0 Å². The molecule has 1 aromatic rings. The number of halogens is 2. The number of benzene rings is 1. The molecule has 0 amide bonds. The molecule has 4 nitrogen and oxygen atoms in total. The summed E-state index contributed by atoms with van der Waals surface area (Å²) in [5.41, 5.74) is 10.7. The molecular weight excluding hydrogens is 295 g/mol. The smallest absolute Gasteiger partial charge is 0.193 e. The number of hydrogen-bond donors (Lipinski definition) is 3. The van der Waals surface area contributed by atoms with Crippen molar-refractivity contribution in [1.82, 2.24) is 0 Å². The summed E-state index contributed by atoms with van der Waals surface area (Å²) >= 11 is 4.30. The van der Waals surface area contributed by atoms with Crippen molar-refractivity contribution in [2.75, 3.05) is 0 Å². The first-order valence-corrected chi connectivity index (χ1v) is 6.02. The Labute approximate surface area is 105 Å². The van der Waals surface area contributed by atoms with E-state index in [0.29, 0.717) is 11.3 Å². The normalized spacial score (nSPS) is 9.88. The molecule has 0 bridgehead atoms. The molecule has 0 radical (unpaired) electrons. The number of guanidine groups is 1. The molecule has 86 valence electrons. The highest BCUT2D eigenvalue weighted by Gasteiger charge is 2.04. The highest BCUT2D eigenvalue weighted by molar-refractivity contribution is 9.10.